The molecular formula is C18H33KO3. The van der Waals surface area contributed by atoms with Crippen LogP contribution in [-0.2, 0) is 4.79 Å². The molecule has 3 nitrogen and oxygen atoms in total. The zero-order chi connectivity index (χ0) is 15.8. The van der Waals surface area contributed by atoms with Gasteiger partial charge in [0.15, 0.2) is 0 Å². The maximum atomic E-state index is 10.2. The SMILES string of the molecule is CCCC(O)CCCC/C=C\CCCCCCCC(=O)[O-].[K+]. The van der Waals surface area contributed by atoms with Crippen LogP contribution >= 0.6 is 0 Å². The van der Waals surface area contributed by atoms with Gasteiger partial charge in [0, 0.05) is 5.97 Å². The van der Waals surface area contributed by atoms with E-state index in [4.69, 9.17) is 0 Å². The van der Waals surface area contributed by atoms with Gasteiger partial charge in [0.25, 0.3) is 0 Å². The maximum Gasteiger partial charge on any atom is 1.00 e. The second kappa shape index (κ2) is 19.9. The molecule has 1 atom stereocenters. The van der Waals surface area contributed by atoms with Crippen LogP contribution in [0.25, 0.3) is 0 Å². The predicted octanol–water partition coefficient (Wildman–Crippen LogP) is 0.749. The maximum absolute atomic E-state index is 10.2. The first-order valence-corrected chi connectivity index (χ1v) is 8.69. The summed E-state index contributed by atoms with van der Waals surface area (Å²) in [6, 6.07) is 0. The number of rotatable bonds is 15. The number of allylic oxidation sites excluding steroid dienone is 2. The van der Waals surface area contributed by atoms with Crippen molar-refractivity contribution in [2.75, 3.05) is 0 Å². The number of aliphatic carboxylic acids is 1. The van der Waals surface area contributed by atoms with Crippen molar-refractivity contribution in [2.24, 2.45) is 0 Å². The molecule has 0 radical (unpaired) electrons. The molecule has 0 aromatic rings. The van der Waals surface area contributed by atoms with Gasteiger partial charge in [0.2, 0.25) is 0 Å². The summed E-state index contributed by atoms with van der Waals surface area (Å²) in [7, 11) is 0. The monoisotopic (exact) mass is 336 g/mol. The molecular weight excluding hydrogens is 303 g/mol. The summed E-state index contributed by atoms with van der Waals surface area (Å²) in [4.78, 5) is 10.2. The number of aliphatic hydroxyl groups excluding tert-OH is 1. The van der Waals surface area contributed by atoms with Gasteiger partial charge in [-0.15, -0.1) is 0 Å². The molecule has 0 aliphatic carbocycles. The van der Waals surface area contributed by atoms with Crippen molar-refractivity contribution in [3.8, 4) is 0 Å². The van der Waals surface area contributed by atoms with E-state index < -0.39 is 5.97 Å². The summed E-state index contributed by atoms with van der Waals surface area (Å²) < 4.78 is 0. The predicted molar refractivity (Wildman–Crippen MR) is 85.8 cm³/mol. The van der Waals surface area contributed by atoms with Gasteiger partial charge >= 0.3 is 51.4 Å². The average Bonchev–Trinajstić information content (AvgIpc) is 2.44. The Balaban J connectivity index is 0. The van der Waals surface area contributed by atoms with Crippen molar-refractivity contribution in [1.29, 1.82) is 0 Å². The Hall–Kier alpha value is 0.806. The fraction of sp³-hybridized carbons (Fsp3) is 0.833. The van der Waals surface area contributed by atoms with Crippen LogP contribution in [0.1, 0.15) is 90.4 Å². The van der Waals surface area contributed by atoms with Crippen molar-refractivity contribution in [3.63, 3.8) is 0 Å². The van der Waals surface area contributed by atoms with E-state index in [1.54, 1.807) is 0 Å². The van der Waals surface area contributed by atoms with E-state index in [2.05, 4.69) is 19.1 Å². The van der Waals surface area contributed by atoms with E-state index in [1.165, 1.54) is 19.3 Å². The molecule has 1 unspecified atom stereocenters. The third-order valence-electron chi connectivity index (χ3n) is 3.70. The Bertz CT molecular complexity index is 267. The summed E-state index contributed by atoms with van der Waals surface area (Å²) in [5.41, 5.74) is 0. The standard InChI is InChI=1S/C18H34O3.K/c1-2-14-17(19)15-12-10-8-6-4-3-5-7-9-11-13-16-18(20)21;/h4,6,17,19H,2-3,5,7-16H2,1H3,(H,20,21);/q;+1/p-1/b6-4-;. The zero-order valence-electron chi connectivity index (χ0n) is 14.7. The summed E-state index contributed by atoms with van der Waals surface area (Å²) in [6.45, 7) is 2.11. The minimum absolute atomic E-state index is 0. The third-order valence-corrected chi connectivity index (χ3v) is 3.70. The number of carboxylic acid groups (broad SMARTS) is 1. The van der Waals surface area contributed by atoms with Crippen molar-refractivity contribution in [1.82, 2.24) is 0 Å². The Kier molecular flexibility index (Phi) is 22.6. The van der Waals surface area contributed by atoms with Crippen LogP contribution in [0.4, 0.5) is 0 Å². The molecule has 1 N–H and O–H groups in total. The number of carboxylic acids is 1. The fourth-order valence-electron chi connectivity index (χ4n) is 2.42. The number of aliphatic hydroxyl groups is 1. The molecule has 0 rings (SSSR count). The molecule has 0 spiro atoms. The molecule has 0 aliphatic rings. The van der Waals surface area contributed by atoms with Gasteiger partial charge in [-0.1, -0.05) is 51.2 Å². The molecule has 0 bridgehead atoms. The van der Waals surface area contributed by atoms with E-state index in [-0.39, 0.29) is 63.9 Å². The first kappa shape index (κ1) is 25.1. The minimum atomic E-state index is -0.930. The zero-order valence-corrected chi connectivity index (χ0v) is 17.8. The van der Waals surface area contributed by atoms with E-state index in [1.807, 2.05) is 0 Å². The van der Waals surface area contributed by atoms with Crippen LogP contribution in [0.15, 0.2) is 12.2 Å². The third kappa shape index (κ3) is 20.8. The second-order valence-corrected chi connectivity index (χ2v) is 5.88. The van der Waals surface area contributed by atoms with Crippen LogP contribution in [0.2, 0.25) is 0 Å². The Morgan fingerprint density at radius 1 is 0.955 bits per heavy atom. The van der Waals surface area contributed by atoms with Crippen molar-refractivity contribution >= 4 is 5.97 Å². The van der Waals surface area contributed by atoms with Crippen LogP contribution < -0.4 is 56.5 Å². The smallest absolute Gasteiger partial charge is 0.550 e. The molecule has 22 heavy (non-hydrogen) atoms. The Labute approximate surface area is 179 Å². The molecule has 0 aromatic heterocycles. The van der Waals surface area contributed by atoms with E-state index in [0.717, 1.165) is 57.8 Å². The van der Waals surface area contributed by atoms with Gasteiger partial charge in [-0.25, -0.2) is 0 Å². The van der Waals surface area contributed by atoms with Gasteiger partial charge in [0.05, 0.1) is 6.10 Å². The van der Waals surface area contributed by atoms with Gasteiger partial charge in [-0.3, -0.25) is 0 Å². The largest absolute Gasteiger partial charge is 1.00 e. The Morgan fingerprint density at radius 2 is 1.50 bits per heavy atom. The number of carbonyl (C=O) groups is 1. The van der Waals surface area contributed by atoms with E-state index in [0.29, 0.717) is 0 Å². The average molecular weight is 337 g/mol. The van der Waals surface area contributed by atoms with Crippen molar-refractivity contribution in [2.45, 2.75) is 96.5 Å². The van der Waals surface area contributed by atoms with Crippen molar-refractivity contribution in [3.05, 3.63) is 12.2 Å². The first-order valence-electron chi connectivity index (χ1n) is 8.69. The number of hydrogen-bond acceptors (Lipinski definition) is 3. The summed E-state index contributed by atoms with van der Waals surface area (Å²) in [6.07, 6.45) is 17.3. The van der Waals surface area contributed by atoms with Gasteiger partial charge < -0.3 is 15.0 Å². The van der Waals surface area contributed by atoms with Gasteiger partial charge in [0.1, 0.15) is 0 Å². The van der Waals surface area contributed by atoms with Gasteiger partial charge in [-0.2, -0.15) is 0 Å². The first-order chi connectivity index (χ1) is 10.2. The minimum Gasteiger partial charge on any atom is -0.550 e. The quantitative estimate of drug-likeness (QED) is 0.273. The molecule has 0 aliphatic heterocycles. The molecule has 4 heteroatoms. The molecule has 0 saturated heterocycles. The number of hydrogen-bond donors (Lipinski definition) is 1. The van der Waals surface area contributed by atoms with Crippen LogP contribution in [0.3, 0.4) is 0 Å². The molecule has 124 valence electrons. The molecule has 0 amide bonds. The summed E-state index contributed by atoms with van der Waals surface area (Å²) in [5.74, 6) is -0.930. The number of unbranched alkanes of at least 4 members (excludes halogenated alkanes) is 7. The molecule has 0 aromatic carbocycles. The van der Waals surface area contributed by atoms with Gasteiger partial charge in [-0.05, 0) is 51.4 Å². The topological polar surface area (TPSA) is 60.4 Å². The van der Waals surface area contributed by atoms with Crippen LogP contribution in [0, 0.1) is 0 Å². The van der Waals surface area contributed by atoms with Crippen molar-refractivity contribution < 1.29 is 66.4 Å². The molecule has 0 heterocycles. The number of carbonyl (C=O) groups excluding carboxylic acids is 1. The second-order valence-electron chi connectivity index (χ2n) is 5.88. The normalized spacial score (nSPS) is 12.3. The fourth-order valence-corrected chi connectivity index (χ4v) is 2.42. The van der Waals surface area contributed by atoms with Crippen LogP contribution in [-0.4, -0.2) is 17.2 Å². The van der Waals surface area contributed by atoms with E-state index >= 15 is 0 Å². The van der Waals surface area contributed by atoms with Crippen LogP contribution in [0.5, 0.6) is 0 Å². The summed E-state index contributed by atoms with van der Waals surface area (Å²) >= 11 is 0. The van der Waals surface area contributed by atoms with E-state index in [9.17, 15) is 15.0 Å². The Morgan fingerprint density at radius 3 is 2.09 bits per heavy atom. The summed E-state index contributed by atoms with van der Waals surface area (Å²) in [5, 5.41) is 19.8. The molecule has 0 fully saturated rings. The molecule has 0 saturated carbocycles.